The largest absolute Gasteiger partial charge is 0.243 e. The summed E-state index contributed by atoms with van der Waals surface area (Å²) in [7, 11) is -3.60. The molecule has 1 saturated heterocycles. The molecule has 0 bridgehead atoms. The topological polar surface area (TPSA) is 37.4 Å². The molecule has 2 rings (SSSR count). The third-order valence-electron chi connectivity index (χ3n) is 4.43. The van der Waals surface area contributed by atoms with Crippen molar-refractivity contribution in [3.8, 4) is 0 Å². The molecule has 0 aliphatic carbocycles. The second-order valence-corrected chi connectivity index (χ2v) is 8.16. The summed E-state index contributed by atoms with van der Waals surface area (Å²) in [6, 6.07) is 3.96. The molecule has 1 aromatic rings. The number of nitrogens with zero attached hydrogens (tertiary/aromatic N) is 1. The second-order valence-electron chi connectivity index (χ2n) is 5.37. The Bertz CT molecular complexity index is 599. The van der Waals surface area contributed by atoms with Crippen molar-refractivity contribution in [2.24, 2.45) is 5.41 Å². The lowest BCUT2D eigenvalue weighted by Gasteiger charge is -2.26. The van der Waals surface area contributed by atoms with Crippen molar-refractivity contribution in [3.05, 3.63) is 28.5 Å². The van der Waals surface area contributed by atoms with Crippen LogP contribution in [0.2, 0.25) is 0 Å². The van der Waals surface area contributed by atoms with Crippen LogP contribution < -0.4 is 0 Å². The average Bonchev–Trinajstić information content (AvgIpc) is 2.87. The van der Waals surface area contributed by atoms with Gasteiger partial charge < -0.3 is 0 Å². The van der Waals surface area contributed by atoms with E-state index in [-0.39, 0.29) is 14.8 Å². The van der Waals surface area contributed by atoms with Crippen LogP contribution in [0.1, 0.15) is 33.1 Å². The summed E-state index contributed by atoms with van der Waals surface area (Å²) in [5.74, 6) is -0.553. The van der Waals surface area contributed by atoms with Gasteiger partial charge in [0.15, 0.2) is 0 Å². The first-order chi connectivity index (χ1) is 9.34. The van der Waals surface area contributed by atoms with Crippen molar-refractivity contribution in [1.82, 2.24) is 4.31 Å². The molecule has 112 valence electrons. The van der Waals surface area contributed by atoms with Crippen LogP contribution in [0, 0.1) is 11.2 Å². The molecule has 6 heteroatoms. The molecule has 0 unspecified atom stereocenters. The molecule has 0 radical (unpaired) electrons. The van der Waals surface area contributed by atoms with Gasteiger partial charge in [-0.05, 0) is 58.8 Å². The maximum Gasteiger partial charge on any atom is 0.243 e. The Morgan fingerprint density at radius 3 is 2.50 bits per heavy atom. The molecular formula is C14H19BrFNO2S. The fraction of sp³-hybridized carbons (Fsp3) is 0.571. The highest BCUT2D eigenvalue weighted by Gasteiger charge is 2.40. The summed E-state index contributed by atoms with van der Waals surface area (Å²) in [5, 5.41) is 0. The van der Waals surface area contributed by atoms with Gasteiger partial charge in [-0.25, -0.2) is 12.8 Å². The van der Waals surface area contributed by atoms with Crippen LogP contribution in [-0.4, -0.2) is 25.8 Å². The lowest BCUT2D eigenvalue weighted by atomic mass is 9.82. The van der Waals surface area contributed by atoms with Gasteiger partial charge in [-0.1, -0.05) is 13.8 Å². The molecule has 0 amide bonds. The van der Waals surface area contributed by atoms with E-state index in [1.807, 2.05) is 0 Å². The van der Waals surface area contributed by atoms with E-state index in [1.165, 1.54) is 16.4 Å². The standard InChI is InChI=1S/C14H19BrFNO2S/c1-3-14(4-2)7-8-17(10-14)20(18,19)11-5-6-12(15)13(16)9-11/h5-6,9H,3-4,7-8,10H2,1-2H3. The van der Waals surface area contributed by atoms with Crippen LogP contribution in [0.3, 0.4) is 0 Å². The summed E-state index contributed by atoms with van der Waals surface area (Å²) in [6.07, 6.45) is 2.80. The predicted molar refractivity (Wildman–Crippen MR) is 80.5 cm³/mol. The summed E-state index contributed by atoms with van der Waals surface area (Å²) in [5.41, 5.74) is 0.0704. The number of rotatable bonds is 4. The summed E-state index contributed by atoms with van der Waals surface area (Å²) >= 11 is 3.04. The molecule has 1 fully saturated rings. The van der Waals surface area contributed by atoms with E-state index in [4.69, 9.17) is 0 Å². The van der Waals surface area contributed by atoms with E-state index >= 15 is 0 Å². The lowest BCUT2D eigenvalue weighted by Crippen LogP contribution is -2.31. The van der Waals surface area contributed by atoms with E-state index < -0.39 is 15.8 Å². The fourth-order valence-electron chi connectivity index (χ4n) is 2.71. The van der Waals surface area contributed by atoms with Crippen LogP contribution in [0.15, 0.2) is 27.6 Å². The number of sulfonamides is 1. The lowest BCUT2D eigenvalue weighted by molar-refractivity contribution is 0.279. The molecule has 0 aromatic heterocycles. The number of halogens is 2. The van der Waals surface area contributed by atoms with Crippen molar-refractivity contribution < 1.29 is 12.8 Å². The Morgan fingerprint density at radius 2 is 2.00 bits per heavy atom. The Kier molecular flexibility index (Phi) is 4.56. The molecule has 0 saturated carbocycles. The van der Waals surface area contributed by atoms with Gasteiger partial charge in [-0.15, -0.1) is 0 Å². The fourth-order valence-corrected chi connectivity index (χ4v) is 4.53. The molecular weight excluding hydrogens is 345 g/mol. The Hall–Kier alpha value is -0.460. The zero-order valence-electron chi connectivity index (χ0n) is 11.7. The molecule has 0 spiro atoms. The van der Waals surface area contributed by atoms with E-state index in [0.29, 0.717) is 13.1 Å². The predicted octanol–water partition coefficient (Wildman–Crippen LogP) is 3.79. The van der Waals surface area contributed by atoms with Crippen molar-refractivity contribution in [1.29, 1.82) is 0 Å². The maximum absolute atomic E-state index is 13.6. The highest BCUT2D eigenvalue weighted by Crippen LogP contribution is 2.39. The average molecular weight is 364 g/mol. The van der Waals surface area contributed by atoms with E-state index in [9.17, 15) is 12.8 Å². The van der Waals surface area contributed by atoms with Gasteiger partial charge in [0, 0.05) is 13.1 Å². The first kappa shape index (κ1) is 15.9. The Labute approximate surface area is 128 Å². The molecule has 1 heterocycles. The second kappa shape index (κ2) is 5.73. The van der Waals surface area contributed by atoms with Gasteiger partial charge in [-0.2, -0.15) is 4.31 Å². The zero-order valence-corrected chi connectivity index (χ0v) is 14.1. The first-order valence-electron chi connectivity index (χ1n) is 6.80. The summed E-state index contributed by atoms with van der Waals surface area (Å²) < 4.78 is 40.4. The van der Waals surface area contributed by atoms with Gasteiger partial charge in [-0.3, -0.25) is 0 Å². The summed E-state index contributed by atoms with van der Waals surface area (Å²) in [6.45, 7) is 5.24. The monoisotopic (exact) mass is 363 g/mol. The van der Waals surface area contributed by atoms with E-state index in [0.717, 1.165) is 25.3 Å². The smallest absolute Gasteiger partial charge is 0.207 e. The Balaban J connectivity index is 2.30. The molecule has 1 aromatic carbocycles. The van der Waals surface area contributed by atoms with Gasteiger partial charge >= 0.3 is 0 Å². The Morgan fingerprint density at radius 1 is 1.35 bits per heavy atom. The number of hydrogen-bond donors (Lipinski definition) is 0. The van der Waals surface area contributed by atoms with Crippen LogP contribution in [-0.2, 0) is 10.0 Å². The van der Waals surface area contributed by atoms with Gasteiger partial charge in [0.05, 0.1) is 9.37 Å². The third-order valence-corrected chi connectivity index (χ3v) is 6.92. The number of benzene rings is 1. The van der Waals surface area contributed by atoms with E-state index in [1.54, 1.807) is 0 Å². The van der Waals surface area contributed by atoms with Gasteiger partial charge in [0.25, 0.3) is 0 Å². The van der Waals surface area contributed by atoms with Crippen LogP contribution >= 0.6 is 15.9 Å². The summed E-state index contributed by atoms with van der Waals surface area (Å²) in [4.78, 5) is 0.0289. The van der Waals surface area contributed by atoms with Crippen molar-refractivity contribution in [3.63, 3.8) is 0 Å². The van der Waals surface area contributed by atoms with Crippen LogP contribution in [0.25, 0.3) is 0 Å². The van der Waals surface area contributed by atoms with Gasteiger partial charge in [0.1, 0.15) is 5.82 Å². The molecule has 3 nitrogen and oxygen atoms in total. The third kappa shape index (κ3) is 2.78. The minimum atomic E-state index is -3.60. The SMILES string of the molecule is CCC1(CC)CCN(S(=O)(=O)c2ccc(Br)c(F)c2)C1. The van der Waals surface area contributed by atoms with Crippen LogP contribution in [0.4, 0.5) is 4.39 Å². The maximum atomic E-state index is 13.6. The normalized spacial score (nSPS) is 19.4. The van der Waals surface area contributed by atoms with Crippen molar-refractivity contribution >= 4 is 26.0 Å². The van der Waals surface area contributed by atoms with Crippen molar-refractivity contribution in [2.75, 3.05) is 13.1 Å². The quantitative estimate of drug-likeness (QED) is 0.815. The minimum absolute atomic E-state index is 0.0289. The molecule has 1 aliphatic rings. The molecule has 0 atom stereocenters. The zero-order chi connectivity index (χ0) is 15.0. The van der Waals surface area contributed by atoms with Crippen LogP contribution in [0.5, 0.6) is 0 Å². The minimum Gasteiger partial charge on any atom is -0.207 e. The highest BCUT2D eigenvalue weighted by molar-refractivity contribution is 9.10. The van der Waals surface area contributed by atoms with Gasteiger partial charge in [0.2, 0.25) is 10.0 Å². The van der Waals surface area contributed by atoms with E-state index in [2.05, 4.69) is 29.8 Å². The highest BCUT2D eigenvalue weighted by atomic mass is 79.9. The molecule has 1 aliphatic heterocycles. The van der Waals surface area contributed by atoms with Crippen molar-refractivity contribution in [2.45, 2.75) is 38.0 Å². The molecule has 20 heavy (non-hydrogen) atoms. The molecule has 0 N–H and O–H groups in total. The first-order valence-corrected chi connectivity index (χ1v) is 9.03. The number of hydrogen-bond acceptors (Lipinski definition) is 2.